The van der Waals surface area contributed by atoms with E-state index in [-0.39, 0.29) is 17.9 Å². The maximum atomic E-state index is 12.4. The normalized spacial score (nSPS) is 27.1. The van der Waals surface area contributed by atoms with Gasteiger partial charge in [0.1, 0.15) is 6.10 Å². The van der Waals surface area contributed by atoms with E-state index in [4.69, 9.17) is 9.47 Å². The lowest BCUT2D eigenvalue weighted by Gasteiger charge is -2.26. The monoisotopic (exact) mass is 290 g/mol. The fourth-order valence-electron chi connectivity index (χ4n) is 2.93. The van der Waals surface area contributed by atoms with Crippen molar-refractivity contribution in [1.29, 1.82) is 0 Å². The second kappa shape index (κ2) is 5.75. The number of rotatable bonds is 3. The molecule has 0 aliphatic carbocycles. The summed E-state index contributed by atoms with van der Waals surface area (Å²) in [5.74, 6) is -0.637. The van der Waals surface area contributed by atoms with Crippen LogP contribution >= 0.6 is 0 Å². The number of carbonyl (C=O) groups is 1. The lowest BCUT2D eigenvalue weighted by Crippen LogP contribution is -2.42. The van der Waals surface area contributed by atoms with Gasteiger partial charge >= 0.3 is 0 Å². The third-order valence-electron chi connectivity index (χ3n) is 3.98. The molecule has 5 heteroatoms. The highest BCUT2D eigenvalue weighted by molar-refractivity contribution is 5.84. The van der Waals surface area contributed by atoms with Gasteiger partial charge in [-0.1, -0.05) is 24.3 Å². The number of fused-ring (bicyclic) bond motifs is 1. The summed E-state index contributed by atoms with van der Waals surface area (Å²) in [6.45, 7) is 6.28. The van der Waals surface area contributed by atoms with E-state index >= 15 is 0 Å². The van der Waals surface area contributed by atoms with Gasteiger partial charge in [0.05, 0.1) is 12.5 Å². The van der Waals surface area contributed by atoms with E-state index in [1.165, 1.54) is 5.56 Å². The van der Waals surface area contributed by atoms with E-state index in [0.717, 1.165) is 12.1 Å². The summed E-state index contributed by atoms with van der Waals surface area (Å²) in [6, 6.07) is 8.10. The van der Waals surface area contributed by atoms with Crippen LogP contribution in [0.3, 0.4) is 0 Å². The molecule has 0 saturated carbocycles. The van der Waals surface area contributed by atoms with Gasteiger partial charge in [-0.15, -0.1) is 0 Å². The van der Waals surface area contributed by atoms with Crippen molar-refractivity contribution in [2.24, 2.45) is 0 Å². The third-order valence-corrected chi connectivity index (χ3v) is 3.98. The fourth-order valence-corrected chi connectivity index (χ4v) is 2.93. The Bertz CT molecular complexity index is 530. The van der Waals surface area contributed by atoms with Crippen LogP contribution in [0.2, 0.25) is 0 Å². The molecule has 1 saturated heterocycles. The molecule has 2 heterocycles. The van der Waals surface area contributed by atoms with Crippen molar-refractivity contribution in [3.05, 3.63) is 35.4 Å². The van der Waals surface area contributed by atoms with Crippen molar-refractivity contribution >= 4 is 5.91 Å². The summed E-state index contributed by atoms with van der Waals surface area (Å²) in [4.78, 5) is 12.4. The van der Waals surface area contributed by atoms with Gasteiger partial charge < -0.3 is 20.1 Å². The first-order valence-electron chi connectivity index (χ1n) is 7.43. The molecule has 1 aromatic carbocycles. The lowest BCUT2D eigenvalue weighted by atomic mass is 9.90. The maximum absolute atomic E-state index is 12.4. The molecule has 0 bridgehead atoms. The molecule has 0 spiro atoms. The van der Waals surface area contributed by atoms with Gasteiger partial charge in [-0.2, -0.15) is 0 Å². The van der Waals surface area contributed by atoms with Crippen LogP contribution in [-0.4, -0.2) is 37.5 Å². The van der Waals surface area contributed by atoms with E-state index in [1.54, 1.807) is 0 Å². The fraction of sp³-hybridized carbons (Fsp3) is 0.562. The molecule has 2 N–H and O–H groups in total. The zero-order chi connectivity index (χ0) is 14.9. The van der Waals surface area contributed by atoms with Crippen LogP contribution in [-0.2, 0) is 20.8 Å². The quantitative estimate of drug-likeness (QED) is 0.876. The van der Waals surface area contributed by atoms with Crippen LogP contribution in [0, 0.1) is 0 Å². The molecule has 0 radical (unpaired) electrons. The van der Waals surface area contributed by atoms with Crippen LogP contribution in [0.25, 0.3) is 0 Å². The number of amides is 1. The van der Waals surface area contributed by atoms with Gasteiger partial charge in [-0.3, -0.25) is 4.79 Å². The van der Waals surface area contributed by atoms with Crippen LogP contribution in [0.4, 0.5) is 0 Å². The SMILES string of the molecule is CC1(C)OCC(CNC(=O)C2CNCc3ccccc32)O1. The number of hydrogen-bond acceptors (Lipinski definition) is 4. The number of ether oxygens (including phenoxy) is 2. The number of nitrogens with one attached hydrogen (secondary N) is 2. The average molecular weight is 290 g/mol. The molecule has 5 nitrogen and oxygen atoms in total. The Morgan fingerprint density at radius 3 is 3.00 bits per heavy atom. The molecule has 2 aliphatic rings. The van der Waals surface area contributed by atoms with Crippen molar-refractivity contribution in [3.8, 4) is 0 Å². The van der Waals surface area contributed by atoms with Gasteiger partial charge in [0.25, 0.3) is 0 Å². The summed E-state index contributed by atoms with van der Waals surface area (Å²) in [7, 11) is 0. The molecule has 2 atom stereocenters. The van der Waals surface area contributed by atoms with Crippen molar-refractivity contribution < 1.29 is 14.3 Å². The molecule has 1 fully saturated rings. The number of benzene rings is 1. The van der Waals surface area contributed by atoms with Crippen LogP contribution in [0.1, 0.15) is 30.9 Å². The van der Waals surface area contributed by atoms with Crippen LogP contribution in [0.5, 0.6) is 0 Å². The Labute approximate surface area is 125 Å². The molecule has 1 amide bonds. The van der Waals surface area contributed by atoms with E-state index in [0.29, 0.717) is 19.7 Å². The molecule has 1 aromatic rings. The molecule has 3 rings (SSSR count). The minimum Gasteiger partial charge on any atom is -0.353 e. The predicted molar refractivity (Wildman–Crippen MR) is 78.8 cm³/mol. The summed E-state index contributed by atoms with van der Waals surface area (Å²) in [5.41, 5.74) is 2.32. The minimum atomic E-state index is -0.547. The van der Waals surface area contributed by atoms with Gasteiger partial charge in [0, 0.05) is 19.6 Å². The Morgan fingerprint density at radius 2 is 2.24 bits per heavy atom. The van der Waals surface area contributed by atoms with Crippen molar-refractivity contribution in [1.82, 2.24) is 10.6 Å². The molecular formula is C16H22N2O3. The average Bonchev–Trinajstić information content (AvgIpc) is 2.83. The molecule has 2 unspecified atom stereocenters. The van der Waals surface area contributed by atoms with E-state index < -0.39 is 5.79 Å². The molecule has 2 aliphatic heterocycles. The lowest BCUT2D eigenvalue weighted by molar-refractivity contribution is -0.139. The second-order valence-corrected chi connectivity index (χ2v) is 6.08. The van der Waals surface area contributed by atoms with E-state index in [9.17, 15) is 4.79 Å². The van der Waals surface area contributed by atoms with Crippen molar-refractivity contribution in [3.63, 3.8) is 0 Å². The first kappa shape index (κ1) is 14.5. The summed E-state index contributed by atoms with van der Waals surface area (Å²) >= 11 is 0. The Kier molecular flexibility index (Phi) is 3.97. The van der Waals surface area contributed by atoms with Gasteiger partial charge in [0.2, 0.25) is 5.91 Å². The Morgan fingerprint density at radius 1 is 1.43 bits per heavy atom. The van der Waals surface area contributed by atoms with Crippen molar-refractivity contribution in [2.75, 3.05) is 19.7 Å². The zero-order valence-electron chi connectivity index (χ0n) is 12.5. The maximum Gasteiger partial charge on any atom is 0.228 e. The smallest absolute Gasteiger partial charge is 0.228 e. The first-order chi connectivity index (χ1) is 10.1. The highest BCUT2D eigenvalue weighted by Crippen LogP contribution is 2.25. The highest BCUT2D eigenvalue weighted by Gasteiger charge is 2.33. The minimum absolute atomic E-state index is 0.0444. The van der Waals surface area contributed by atoms with Crippen LogP contribution in [0.15, 0.2) is 24.3 Å². The first-order valence-corrected chi connectivity index (χ1v) is 7.43. The molecule has 0 aromatic heterocycles. The standard InChI is InChI=1S/C16H22N2O3/c1-16(2)20-10-12(21-16)8-18-15(19)14-9-17-7-11-5-3-4-6-13(11)14/h3-6,12,14,17H,7-10H2,1-2H3,(H,18,19). The zero-order valence-corrected chi connectivity index (χ0v) is 12.5. The summed E-state index contributed by atoms with van der Waals surface area (Å²) in [6.07, 6.45) is -0.0734. The van der Waals surface area contributed by atoms with Crippen molar-refractivity contribution in [2.45, 2.75) is 38.2 Å². The highest BCUT2D eigenvalue weighted by atomic mass is 16.7. The largest absolute Gasteiger partial charge is 0.353 e. The Balaban J connectivity index is 1.59. The topological polar surface area (TPSA) is 59.6 Å². The van der Waals surface area contributed by atoms with Crippen LogP contribution < -0.4 is 10.6 Å². The van der Waals surface area contributed by atoms with E-state index in [1.807, 2.05) is 32.0 Å². The summed E-state index contributed by atoms with van der Waals surface area (Å²) < 4.78 is 11.2. The number of hydrogen-bond donors (Lipinski definition) is 2. The van der Waals surface area contributed by atoms with Gasteiger partial charge in [-0.05, 0) is 25.0 Å². The van der Waals surface area contributed by atoms with E-state index in [2.05, 4.69) is 16.7 Å². The second-order valence-electron chi connectivity index (χ2n) is 6.08. The third kappa shape index (κ3) is 3.26. The molecule has 21 heavy (non-hydrogen) atoms. The molecule has 114 valence electrons. The summed E-state index contributed by atoms with van der Waals surface area (Å²) in [5, 5.41) is 6.29. The molecular weight excluding hydrogens is 268 g/mol. The van der Waals surface area contributed by atoms with Gasteiger partial charge in [-0.25, -0.2) is 0 Å². The Hall–Kier alpha value is -1.43. The predicted octanol–water partition coefficient (Wildman–Crippen LogP) is 1.14. The van der Waals surface area contributed by atoms with Gasteiger partial charge in [0.15, 0.2) is 5.79 Å². The number of carbonyl (C=O) groups excluding carboxylic acids is 1.